The van der Waals surface area contributed by atoms with Gasteiger partial charge in [0.25, 0.3) is 5.91 Å². The number of halogens is 1. The van der Waals surface area contributed by atoms with Gasteiger partial charge in [-0.05, 0) is 41.9 Å². The van der Waals surface area contributed by atoms with Crippen molar-refractivity contribution in [2.75, 3.05) is 26.2 Å². The first-order valence-corrected chi connectivity index (χ1v) is 9.49. The van der Waals surface area contributed by atoms with Crippen LogP contribution in [-0.4, -0.2) is 57.6 Å². The van der Waals surface area contributed by atoms with Gasteiger partial charge in [-0.3, -0.25) is 14.3 Å². The van der Waals surface area contributed by atoms with E-state index in [9.17, 15) is 9.59 Å². The highest BCUT2D eigenvalue weighted by Gasteiger charge is 2.28. The van der Waals surface area contributed by atoms with Gasteiger partial charge in [-0.2, -0.15) is 5.10 Å². The number of amides is 2. The zero-order valence-corrected chi connectivity index (χ0v) is 16.8. The van der Waals surface area contributed by atoms with Gasteiger partial charge in [0.2, 0.25) is 5.91 Å². The second-order valence-corrected chi connectivity index (χ2v) is 7.46. The van der Waals surface area contributed by atoms with Crippen molar-refractivity contribution >= 4 is 27.7 Å². The molecule has 0 N–H and O–H groups in total. The molecule has 0 bridgehead atoms. The van der Waals surface area contributed by atoms with Crippen LogP contribution in [0.3, 0.4) is 0 Å². The first kappa shape index (κ1) is 18.7. The Morgan fingerprint density at radius 2 is 1.88 bits per heavy atom. The maximum atomic E-state index is 12.8. The van der Waals surface area contributed by atoms with Crippen LogP contribution >= 0.6 is 15.9 Å². The zero-order chi connectivity index (χ0) is 18.8. The zero-order valence-electron chi connectivity index (χ0n) is 15.2. The lowest BCUT2D eigenvalue weighted by Gasteiger charge is -2.35. The summed E-state index contributed by atoms with van der Waals surface area (Å²) in [5, 5.41) is 4.48. The van der Waals surface area contributed by atoms with Crippen LogP contribution in [0.4, 0.5) is 0 Å². The van der Waals surface area contributed by atoms with Gasteiger partial charge >= 0.3 is 0 Å². The Bertz CT molecular complexity index is 792. The Balaban J connectivity index is 1.56. The third kappa shape index (κ3) is 3.70. The van der Waals surface area contributed by atoms with Crippen molar-refractivity contribution in [2.24, 2.45) is 5.92 Å². The van der Waals surface area contributed by atoms with Crippen molar-refractivity contribution in [1.82, 2.24) is 19.6 Å². The highest BCUT2D eigenvalue weighted by Crippen LogP contribution is 2.21. The number of carbonyl (C=O) groups is 2. The van der Waals surface area contributed by atoms with Gasteiger partial charge in [0.05, 0.1) is 28.9 Å². The summed E-state index contributed by atoms with van der Waals surface area (Å²) in [7, 11) is 0. The number of furan rings is 1. The molecule has 0 spiro atoms. The molecule has 3 rings (SSSR count). The molecule has 0 aromatic carbocycles. The highest BCUT2D eigenvalue weighted by molar-refractivity contribution is 9.10. The molecule has 1 saturated heterocycles. The molecule has 0 aliphatic carbocycles. The Labute approximate surface area is 161 Å². The van der Waals surface area contributed by atoms with E-state index in [0.717, 1.165) is 15.9 Å². The van der Waals surface area contributed by atoms with E-state index in [1.807, 2.05) is 30.4 Å². The fourth-order valence-electron chi connectivity index (χ4n) is 3.19. The van der Waals surface area contributed by atoms with E-state index in [1.165, 1.54) is 6.26 Å². The fraction of sp³-hybridized carbons (Fsp3) is 0.500. The molecule has 2 amide bonds. The van der Waals surface area contributed by atoms with Crippen LogP contribution in [0, 0.1) is 19.8 Å². The molecule has 0 saturated carbocycles. The number of hydrogen-bond acceptors (Lipinski definition) is 4. The van der Waals surface area contributed by atoms with Crippen LogP contribution in [0.1, 0.15) is 28.9 Å². The Kier molecular flexibility index (Phi) is 5.50. The van der Waals surface area contributed by atoms with Gasteiger partial charge in [-0.15, -0.1) is 0 Å². The van der Waals surface area contributed by atoms with Gasteiger partial charge in [0, 0.05) is 31.9 Å². The van der Waals surface area contributed by atoms with Crippen LogP contribution in [0.15, 0.2) is 27.3 Å². The molecule has 3 heterocycles. The lowest BCUT2D eigenvalue weighted by molar-refractivity contribution is -0.137. The maximum absolute atomic E-state index is 12.8. The molecule has 0 radical (unpaired) electrons. The summed E-state index contributed by atoms with van der Waals surface area (Å²) in [6, 6.07) is 3.36. The minimum absolute atomic E-state index is 0.0961. The minimum atomic E-state index is -0.174. The summed E-state index contributed by atoms with van der Waals surface area (Å²) in [6.45, 7) is 8.51. The topological polar surface area (TPSA) is 71.6 Å². The number of aryl methyl sites for hydroxylation is 1. The fourth-order valence-corrected chi connectivity index (χ4v) is 3.47. The van der Waals surface area contributed by atoms with E-state index >= 15 is 0 Å². The molecule has 1 aliphatic heterocycles. The van der Waals surface area contributed by atoms with Gasteiger partial charge in [-0.25, -0.2) is 0 Å². The van der Waals surface area contributed by atoms with Crippen molar-refractivity contribution in [1.29, 1.82) is 0 Å². The summed E-state index contributed by atoms with van der Waals surface area (Å²) in [5.41, 5.74) is 1.95. The summed E-state index contributed by atoms with van der Waals surface area (Å²) in [4.78, 5) is 28.6. The predicted octanol–water partition coefficient (Wildman–Crippen LogP) is 2.48. The molecule has 8 heteroatoms. The number of rotatable bonds is 4. The third-order valence-corrected chi connectivity index (χ3v) is 5.92. The van der Waals surface area contributed by atoms with Crippen LogP contribution in [0.5, 0.6) is 0 Å². The largest absolute Gasteiger partial charge is 0.459 e. The smallest absolute Gasteiger partial charge is 0.289 e. The number of aromatic nitrogens is 2. The van der Waals surface area contributed by atoms with Crippen LogP contribution in [0.25, 0.3) is 0 Å². The monoisotopic (exact) mass is 422 g/mol. The average Bonchev–Trinajstić information content (AvgIpc) is 3.26. The standard InChI is InChI=1S/C18H23BrN4O3/c1-12(11-23-14(3)16(19)13(2)20-23)17(24)21-6-8-22(9-7-21)18(25)15-5-4-10-26-15/h4-5,10,12H,6-9,11H2,1-3H3. The molecule has 1 aliphatic rings. The van der Waals surface area contributed by atoms with E-state index in [4.69, 9.17) is 4.42 Å². The second-order valence-electron chi connectivity index (χ2n) is 6.66. The van der Waals surface area contributed by atoms with Gasteiger partial charge in [0.1, 0.15) is 0 Å². The summed E-state index contributed by atoms with van der Waals surface area (Å²) in [5.74, 6) is 0.141. The first-order chi connectivity index (χ1) is 12.4. The van der Waals surface area contributed by atoms with Crippen LogP contribution in [-0.2, 0) is 11.3 Å². The molecular weight excluding hydrogens is 400 g/mol. The van der Waals surface area contributed by atoms with Crippen molar-refractivity contribution in [3.05, 3.63) is 40.0 Å². The molecular formula is C18H23BrN4O3. The minimum Gasteiger partial charge on any atom is -0.459 e. The van der Waals surface area contributed by atoms with Crippen LogP contribution < -0.4 is 0 Å². The average molecular weight is 423 g/mol. The number of hydrogen-bond donors (Lipinski definition) is 0. The second kappa shape index (κ2) is 7.65. The normalized spacial score (nSPS) is 16.0. The van der Waals surface area contributed by atoms with E-state index in [0.29, 0.717) is 38.5 Å². The van der Waals surface area contributed by atoms with Gasteiger partial charge in [-0.1, -0.05) is 6.92 Å². The lowest BCUT2D eigenvalue weighted by Crippen LogP contribution is -2.52. The van der Waals surface area contributed by atoms with Gasteiger partial charge in [0.15, 0.2) is 5.76 Å². The molecule has 1 atom stereocenters. The third-order valence-electron chi connectivity index (χ3n) is 4.77. The lowest BCUT2D eigenvalue weighted by atomic mass is 10.1. The molecule has 26 heavy (non-hydrogen) atoms. The molecule has 2 aromatic rings. The Morgan fingerprint density at radius 1 is 1.23 bits per heavy atom. The van der Waals surface area contributed by atoms with E-state index in [-0.39, 0.29) is 17.7 Å². The first-order valence-electron chi connectivity index (χ1n) is 8.69. The van der Waals surface area contributed by atoms with Crippen molar-refractivity contribution in [3.8, 4) is 0 Å². The Morgan fingerprint density at radius 3 is 2.42 bits per heavy atom. The van der Waals surface area contributed by atoms with Crippen molar-refractivity contribution in [3.63, 3.8) is 0 Å². The summed E-state index contributed by atoms with van der Waals surface area (Å²) in [6.07, 6.45) is 1.49. The Hall–Kier alpha value is -2.09. The highest BCUT2D eigenvalue weighted by atomic mass is 79.9. The van der Waals surface area contributed by atoms with Crippen molar-refractivity contribution < 1.29 is 14.0 Å². The molecule has 7 nitrogen and oxygen atoms in total. The van der Waals surface area contributed by atoms with Crippen molar-refractivity contribution in [2.45, 2.75) is 27.3 Å². The number of nitrogens with zero attached hydrogens (tertiary/aromatic N) is 4. The molecule has 2 aromatic heterocycles. The number of piperazine rings is 1. The molecule has 1 fully saturated rings. The predicted molar refractivity (Wildman–Crippen MR) is 99.8 cm³/mol. The SMILES string of the molecule is Cc1nn(CC(C)C(=O)N2CCN(C(=O)c3ccco3)CC2)c(C)c1Br. The summed E-state index contributed by atoms with van der Waals surface area (Å²) < 4.78 is 8.03. The van der Waals surface area contributed by atoms with E-state index in [1.54, 1.807) is 17.0 Å². The quantitative estimate of drug-likeness (QED) is 0.758. The summed E-state index contributed by atoms with van der Waals surface area (Å²) >= 11 is 3.52. The maximum Gasteiger partial charge on any atom is 0.289 e. The number of carbonyl (C=O) groups excluding carboxylic acids is 2. The van der Waals surface area contributed by atoms with E-state index < -0.39 is 0 Å². The molecule has 140 valence electrons. The molecule has 1 unspecified atom stereocenters. The van der Waals surface area contributed by atoms with E-state index in [2.05, 4.69) is 21.0 Å². The van der Waals surface area contributed by atoms with Gasteiger partial charge < -0.3 is 14.2 Å². The van der Waals surface area contributed by atoms with Crippen LogP contribution in [0.2, 0.25) is 0 Å².